The molecule has 0 heterocycles. The number of halogens is 3. The molecule has 4 nitrogen and oxygen atoms in total. The van der Waals surface area contributed by atoms with Crippen LogP contribution >= 0.6 is 0 Å². The first-order chi connectivity index (χ1) is 7.71. The Hall–Kier alpha value is -1.63. The summed E-state index contributed by atoms with van der Waals surface area (Å²) in [5.74, 6) is 0. The van der Waals surface area contributed by atoms with E-state index in [1.165, 1.54) is 18.2 Å². The van der Waals surface area contributed by atoms with Gasteiger partial charge in [-0.25, -0.2) is 0 Å². The first-order valence-corrected chi connectivity index (χ1v) is 4.78. The van der Waals surface area contributed by atoms with Crippen LogP contribution in [0.5, 0.6) is 0 Å². The van der Waals surface area contributed by atoms with Crippen molar-refractivity contribution in [2.75, 3.05) is 0 Å². The summed E-state index contributed by atoms with van der Waals surface area (Å²) in [4.78, 5) is 9.94. The Morgan fingerprint density at radius 3 is 2.53 bits per heavy atom. The summed E-state index contributed by atoms with van der Waals surface area (Å²) in [5, 5.41) is 10.6. The highest BCUT2D eigenvalue weighted by Gasteiger charge is 2.37. The lowest BCUT2D eigenvalue weighted by atomic mass is 10.0. The minimum Gasteiger partial charge on any atom is -0.320 e. The molecule has 0 saturated carbocycles. The van der Waals surface area contributed by atoms with Crippen molar-refractivity contribution >= 4 is 5.69 Å². The molecule has 0 aliphatic rings. The quantitative estimate of drug-likeness (QED) is 0.659. The van der Waals surface area contributed by atoms with Crippen LogP contribution in [0.4, 0.5) is 18.9 Å². The summed E-state index contributed by atoms with van der Waals surface area (Å²) in [5.41, 5.74) is 5.27. The van der Waals surface area contributed by atoms with Crippen LogP contribution in [0.2, 0.25) is 0 Å². The monoisotopic (exact) mass is 248 g/mol. The Bertz CT molecular complexity index is 432. The Balaban J connectivity index is 3.04. The number of nitrogens with zero attached hydrogens (tertiary/aromatic N) is 1. The number of alkyl halides is 3. The first-order valence-electron chi connectivity index (χ1n) is 4.78. The van der Waals surface area contributed by atoms with Crippen LogP contribution in [-0.2, 0) is 6.42 Å². The second-order valence-electron chi connectivity index (χ2n) is 3.74. The van der Waals surface area contributed by atoms with E-state index in [0.717, 1.165) is 0 Å². The van der Waals surface area contributed by atoms with Gasteiger partial charge in [-0.05, 0) is 13.0 Å². The van der Waals surface area contributed by atoms with Crippen LogP contribution in [0.15, 0.2) is 18.2 Å². The van der Waals surface area contributed by atoms with Crippen LogP contribution in [0.3, 0.4) is 0 Å². The number of nitro benzene ring substituents is 1. The first kappa shape index (κ1) is 13.4. The number of aryl methyl sites for hydroxylation is 1. The van der Waals surface area contributed by atoms with E-state index < -0.39 is 23.6 Å². The molecule has 1 aromatic rings. The van der Waals surface area contributed by atoms with Gasteiger partial charge in [-0.15, -0.1) is 0 Å². The van der Waals surface area contributed by atoms with Crippen LogP contribution in [0.1, 0.15) is 11.1 Å². The maximum atomic E-state index is 12.3. The van der Waals surface area contributed by atoms with Crippen LogP contribution in [0.25, 0.3) is 0 Å². The summed E-state index contributed by atoms with van der Waals surface area (Å²) in [7, 11) is 0. The number of nitro groups is 1. The van der Waals surface area contributed by atoms with E-state index >= 15 is 0 Å². The smallest absolute Gasteiger partial charge is 0.320 e. The molecule has 7 heteroatoms. The minimum absolute atomic E-state index is 0.000162. The number of hydrogen-bond acceptors (Lipinski definition) is 3. The van der Waals surface area contributed by atoms with E-state index in [1.54, 1.807) is 6.92 Å². The largest absolute Gasteiger partial charge is 0.403 e. The second-order valence-corrected chi connectivity index (χ2v) is 3.74. The third-order valence-electron chi connectivity index (χ3n) is 2.29. The van der Waals surface area contributed by atoms with Crippen LogP contribution in [-0.4, -0.2) is 17.1 Å². The average Bonchev–Trinajstić information content (AvgIpc) is 2.15. The van der Waals surface area contributed by atoms with Gasteiger partial charge in [-0.3, -0.25) is 10.1 Å². The summed E-state index contributed by atoms with van der Waals surface area (Å²) < 4.78 is 36.8. The summed E-state index contributed by atoms with van der Waals surface area (Å²) in [6, 6.07) is 1.92. The Labute approximate surface area is 95.4 Å². The molecular formula is C10H11F3N2O2. The van der Waals surface area contributed by atoms with E-state index in [0.29, 0.717) is 5.56 Å². The zero-order valence-corrected chi connectivity index (χ0v) is 8.99. The fraction of sp³-hybridized carbons (Fsp3) is 0.400. The molecular weight excluding hydrogens is 237 g/mol. The van der Waals surface area contributed by atoms with E-state index in [-0.39, 0.29) is 11.3 Å². The summed E-state index contributed by atoms with van der Waals surface area (Å²) in [6.07, 6.45) is -5.15. The van der Waals surface area contributed by atoms with Gasteiger partial charge in [0.2, 0.25) is 0 Å². The topological polar surface area (TPSA) is 69.2 Å². The number of hydrogen-bond donors (Lipinski definition) is 1. The molecule has 0 spiro atoms. The lowest BCUT2D eigenvalue weighted by molar-refractivity contribution is -0.385. The van der Waals surface area contributed by atoms with Crippen LogP contribution in [0, 0.1) is 17.0 Å². The Kier molecular flexibility index (Phi) is 3.72. The highest BCUT2D eigenvalue weighted by Crippen LogP contribution is 2.26. The van der Waals surface area contributed by atoms with Gasteiger partial charge in [0.15, 0.2) is 0 Å². The molecule has 0 aromatic heterocycles. The van der Waals surface area contributed by atoms with Gasteiger partial charge < -0.3 is 5.73 Å². The van der Waals surface area contributed by atoms with Crippen LogP contribution < -0.4 is 5.73 Å². The molecule has 0 radical (unpaired) electrons. The Morgan fingerprint density at radius 1 is 1.47 bits per heavy atom. The van der Waals surface area contributed by atoms with E-state index in [9.17, 15) is 23.3 Å². The molecule has 0 aliphatic carbocycles. The van der Waals surface area contributed by atoms with E-state index in [2.05, 4.69) is 0 Å². The zero-order chi connectivity index (χ0) is 13.2. The molecule has 0 fully saturated rings. The number of benzene rings is 1. The van der Waals surface area contributed by atoms with E-state index in [4.69, 9.17) is 5.73 Å². The second kappa shape index (κ2) is 4.70. The third-order valence-corrected chi connectivity index (χ3v) is 2.29. The third kappa shape index (κ3) is 3.42. The summed E-state index contributed by atoms with van der Waals surface area (Å²) in [6.45, 7) is 1.65. The summed E-state index contributed by atoms with van der Waals surface area (Å²) >= 11 is 0. The fourth-order valence-electron chi connectivity index (χ4n) is 1.41. The molecule has 0 bridgehead atoms. The lowest BCUT2D eigenvalue weighted by Crippen LogP contribution is -2.39. The standard InChI is InChI=1S/C10H11F3N2O2/c1-6-2-3-8(15(16)17)7(4-6)5-9(14)10(11,12)13/h2-4,9H,5,14H2,1H3. The van der Waals surface area contributed by atoms with Gasteiger partial charge in [-0.2, -0.15) is 13.2 Å². The predicted molar refractivity (Wildman–Crippen MR) is 55.6 cm³/mol. The molecule has 1 rings (SSSR count). The van der Waals surface area contributed by atoms with Gasteiger partial charge in [0, 0.05) is 18.1 Å². The Morgan fingerprint density at radius 2 is 2.06 bits per heavy atom. The van der Waals surface area contributed by atoms with Crippen molar-refractivity contribution in [3.05, 3.63) is 39.4 Å². The van der Waals surface area contributed by atoms with Crippen molar-refractivity contribution in [1.82, 2.24) is 0 Å². The maximum absolute atomic E-state index is 12.3. The molecule has 1 aromatic carbocycles. The minimum atomic E-state index is -4.56. The van der Waals surface area contributed by atoms with E-state index in [1.807, 2.05) is 0 Å². The van der Waals surface area contributed by atoms with Gasteiger partial charge in [0.05, 0.1) is 4.92 Å². The average molecular weight is 248 g/mol. The SMILES string of the molecule is Cc1ccc([N+](=O)[O-])c(CC(N)C(F)(F)F)c1. The molecule has 1 unspecified atom stereocenters. The number of rotatable bonds is 3. The van der Waals surface area contributed by atoms with Crippen molar-refractivity contribution in [3.63, 3.8) is 0 Å². The van der Waals surface area contributed by atoms with Crippen molar-refractivity contribution in [3.8, 4) is 0 Å². The van der Waals surface area contributed by atoms with Crippen molar-refractivity contribution < 1.29 is 18.1 Å². The van der Waals surface area contributed by atoms with Gasteiger partial charge in [-0.1, -0.05) is 11.6 Å². The predicted octanol–water partition coefficient (Wildman–Crippen LogP) is 2.34. The lowest BCUT2D eigenvalue weighted by Gasteiger charge is -2.15. The van der Waals surface area contributed by atoms with Gasteiger partial charge in [0.25, 0.3) is 5.69 Å². The molecule has 0 saturated heterocycles. The van der Waals surface area contributed by atoms with Gasteiger partial charge >= 0.3 is 6.18 Å². The van der Waals surface area contributed by atoms with Gasteiger partial charge in [0.1, 0.15) is 6.04 Å². The highest BCUT2D eigenvalue weighted by molar-refractivity contribution is 5.43. The molecule has 1 atom stereocenters. The zero-order valence-electron chi connectivity index (χ0n) is 8.99. The number of nitrogens with two attached hydrogens (primary N) is 1. The molecule has 17 heavy (non-hydrogen) atoms. The molecule has 0 aliphatic heterocycles. The fourth-order valence-corrected chi connectivity index (χ4v) is 1.41. The van der Waals surface area contributed by atoms with Crippen molar-refractivity contribution in [2.24, 2.45) is 5.73 Å². The van der Waals surface area contributed by atoms with Crippen molar-refractivity contribution in [1.29, 1.82) is 0 Å². The normalized spacial score (nSPS) is 13.5. The molecule has 94 valence electrons. The van der Waals surface area contributed by atoms with Crippen molar-refractivity contribution in [2.45, 2.75) is 25.6 Å². The molecule has 0 amide bonds. The maximum Gasteiger partial charge on any atom is 0.403 e. The highest BCUT2D eigenvalue weighted by atomic mass is 19.4. The molecule has 2 N–H and O–H groups in total.